The third-order valence-electron chi connectivity index (χ3n) is 6.55. The molecule has 0 radical (unpaired) electrons. The first-order valence-corrected chi connectivity index (χ1v) is 11.6. The second kappa shape index (κ2) is 9.77. The van der Waals surface area contributed by atoms with Gasteiger partial charge < -0.3 is 4.90 Å². The molecule has 0 atom stereocenters. The zero-order valence-corrected chi connectivity index (χ0v) is 19.1. The lowest BCUT2D eigenvalue weighted by Crippen LogP contribution is -2.57. The molecule has 0 aliphatic carbocycles. The van der Waals surface area contributed by atoms with Crippen LogP contribution in [0.25, 0.3) is 0 Å². The first-order chi connectivity index (χ1) is 15.5. The molecule has 2 fully saturated rings. The Balaban J connectivity index is 1.43. The van der Waals surface area contributed by atoms with Gasteiger partial charge in [-0.05, 0) is 54.9 Å². The Labute approximate surface area is 190 Å². The van der Waals surface area contributed by atoms with E-state index in [0.29, 0.717) is 31.8 Å². The molecule has 2 aromatic rings. The van der Waals surface area contributed by atoms with Crippen LogP contribution in [0.5, 0.6) is 0 Å². The van der Waals surface area contributed by atoms with Crippen LogP contribution in [0.2, 0.25) is 0 Å². The maximum absolute atomic E-state index is 13.6. The summed E-state index contributed by atoms with van der Waals surface area (Å²) in [4.78, 5) is 41.1. The van der Waals surface area contributed by atoms with Crippen molar-refractivity contribution in [1.29, 1.82) is 0 Å². The summed E-state index contributed by atoms with van der Waals surface area (Å²) in [6, 6.07) is 7.87. The smallest absolute Gasteiger partial charge is 0.309 e. The first kappa shape index (κ1) is 22.4. The van der Waals surface area contributed by atoms with E-state index in [1.807, 2.05) is 35.5 Å². The number of aryl methyl sites for hydroxylation is 1. The van der Waals surface area contributed by atoms with Crippen molar-refractivity contribution in [3.63, 3.8) is 0 Å². The number of piperidine rings is 1. The van der Waals surface area contributed by atoms with Gasteiger partial charge in [0.1, 0.15) is 5.54 Å². The molecule has 0 unspecified atom stereocenters. The van der Waals surface area contributed by atoms with Gasteiger partial charge in [-0.1, -0.05) is 26.0 Å². The summed E-state index contributed by atoms with van der Waals surface area (Å²) in [7, 11) is 0. The standard InChI is InChI=1S/C25H33N5O2/c1-20(2)18-30-24(32)29(13-5-8-21-6-3-11-26-16-21)23(31)25(30)9-14-28(15-10-25)19-22-7-4-12-27-17-22/h3-4,6-7,11-12,16-17,20H,5,8-10,13-15,18-19H2,1-2H3. The van der Waals surface area contributed by atoms with E-state index in [-0.39, 0.29) is 11.9 Å². The molecule has 4 rings (SSSR count). The van der Waals surface area contributed by atoms with E-state index in [1.165, 1.54) is 10.5 Å². The lowest BCUT2D eigenvalue weighted by Gasteiger charge is -2.42. The van der Waals surface area contributed by atoms with Crippen LogP contribution in [0.15, 0.2) is 49.1 Å². The normalized spacial score (nSPS) is 18.8. The van der Waals surface area contributed by atoms with Crippen molar-refractivity contribution >= 4 is 11.9 Å². The Morgan fingerprint density at radius 3 is 2.25 bits per heavy atom. The quantitative estimate of drug-likeness (QED) is 0.595. The monoisotopic (exact) mass is 435 g/mol. The highest BCUT2D eigenvalue weighted by Gasteiger charge is 2.57. The number of nitrogens with zero attached hydrogens (tertiary/aromatic N) is 5. The first-order valence-electron chi connectivity index (χ1n) is 11.6. The molecule has 1 spiro atoms. The minimum absolute atomic E-state index is 0.00429. The van der Waals surface area contributed by atoms with Crippen molar-refractivity contribution in [2.24, 2.45) is 5.92 Å². The van der Waals surface area contributed by atoms with Crippen molar-refractivity contribution < 1.29 is 9.59 Å². The molecule has 0 N–H and O–H groups in total. The van der Waals surface area contributed by atoms with Crippen LogP contribution in [0, 0.1) is 5.92 Å². The molecule has 2 aliphatic heterocycles. The Morgan fingerprint density at radius 1 is 1.00 bits per heavy atom. The molecule has 3 amide bonds. The molecular formula is C25H33N5O2. The number of aromatic nitrogens is 2. The van der Waals surface area contributed by atoms with E-state index >= 15 is 0 Å². The summed E-state index contributed by atoms with van der Waals surface area (Å²) in [5.74, 6) is 0.308. The number of likely N-dealkylation sites (tertiary alicyclic amines) is 1. The molecule has 0 saturated carbocycles. The molecule has 2 saturated heterocycles. The lowest BCUT2D eigenvalue weighted by molar-refractivity contribution is -0.135. The number of urea groups is 1. The fourth-order valence-corrected chi connectivity index (χ4v) is 4.90. The highest BCUT2D eigenvalue weighted by atomic mass is 16.2. The lowest BCUT2D eigenvalue weighted by atomic mass is 9.85. The predicted molar refractivity (Wildman–Crippen MR) is 123 cm³/mol. The van der Waals surface area contributed by atoms with Crippen molar-refractivity contribution in [1.82, 2.24) is 24.7 Å². The molecule has 2 aromatic heterocycles. The fraction of sp³-hybridized carbons (Fsp3) is 0.520. The van der Waals surface area contributed by atoms with Crippen LogP contribution < -0.4 is 0 Å². The number of hydrogen-bond acceptors (Lipinski definition) is 5. The number of carbonyl (C=O) groups excluding carboxylic acids is 2. The van der Waals surface area contributed by atoms with Crippen LogP contribution in [0.3, 0.4) is 0 Å². The number of pyridine rings is 2. The Hall–Kier alpha value is -2.80. The Bertz CT molecular complexity index is 910. The second-order valence-corrected chi connectivity index (χ2v) is 9.38. The highest BCUT2D eigenvalue weighted by Crippen LogP contribution is 2.38. The molecule has 32 heavy (non-hydrogen) atoms. The summed E-state index contributed by atoms with van der Waals surface area (Å²) in [6.07, 6.45) is 10.2. The van der Waals surface area contributed by atoms with Crippen LogP contribution >= 0.6 is 0 Å². The summed E-state index contributed by atoms with van der Waals surface area (Å²) in [5.41, 5.74) is 1.61. The molecule has 0 bridgehead atoms. The van der Waals surface area contributed by atoms with Gasteiger partial charge in [-0.2, -0.15) is 0 Å². The topological polar surface area (TPSA) is 69.6 Å². The van der Waals surface area contributed by atoms with Gasteiger partial charge in [-0.3, -0.25) is 24.6 Å². The molecule has 2 aliphatic rings. The maximum atomic E-state index is 13.6. The van der Waals surface area contributed by atoms with Gasteiger partial charge in [-0.25, -0.2) is 4.79 Å². The average molecular weight is 436 g/mol. The summed E-state index contributed by atoms with van der Waals surface area (Å²) in [5, 5.41) is 0. The van der Waals surface area contributed by atoms with Gasteiger partial charge in [0.2, 0.25) is 0 Å². The van der Waals surface area contributed by atoms with Gasteiger partial charge in [0.25, 0.3) is 5.91 Å². The van der Waals surface area contributed by atoms with E-state index in [0.717, 1.165) is 38.0 Å². The average Bonchev–Trinajstić information content (AvgIpc) is 2.98. The van der Waals surface area contributed by atoms with Gasteiger partial charge in [0, 0.05) is 57.5 Å². The molecule has 170 valence electrons. The molecule has 7 nitrogen and oxygen atoms in total. The summed E-state index contributed by atoms with van der Waals surface area (Å²) in [6.45, 7) is 7.71. The Kier molecular flexibility index (Phi) is 6.84. The fourth-order valence-electron chi connectivity index (χ4n) is 4.90. The van der Waals surface area contributed by atoms with Gasteiger partial charge in [0.15, 0.2) is 0 Å². The van der Waals surface area contributed by atoms with E-state index in [1.54, 1.807) is 12.4 Å². The molecule has 0 aromatic carbocycles. The SMILES string of the molecule is CC(C)CN1C(=O)N(CCCc2cccnc2)C(=O)C12CCN(Cc1cccnc1)CC2. The summed E-state index contributed by atoms with van der Waals surface area (Å²) >= 11 is 0. The van der Waals surface area contributed by atoms with E-state index < -0.39 is 5.54 Å². The molecule has 4 heterocycles. The van der Waals surface area contributed by atoms with Crippen molar-refractivity contribution in [2.45, 2.75) is 51.6 Å². The van der Waals surface area contributed by atoms with Crippen LogP contribution in [0.1, 0.15) is 44.2 Å². The maximum Gasteiger partial charge on any atom is 0.327 e. The van der Waals surface area contributed by atoms with E-state index in [4.69, 9.17) is 0 Å². The molecular weight excluding hydrogens is 402 g/mol. The predicted octanol–water partition coefficient (Wildman–Crippen LogP) is 3.36. The number of carbonyl (C=O) groups is 2. The minimum Gasteiger partial charge on any atom is -0.309 e. The van der Waals surface area contributed by atoms with Crippen LogP contribution in [-0.4, -0.2) is 68.3 Å². The third-order valence-corrected chi connectivity index (χ3v) is 6.55. The summed E-state index contributed by atoms with van der Waals surface area (Å²) < 4.78 is 0. The number of amides is 3. The number of imide groups is 1. The van der Waals surface area contributed by atoms with Crippen molar-refractivity contribution in [2.75, 3.05) is 26.2 Å². The van der Waals surface area contributed by atoms with Gasteiger partial charge >= 0.3 is 6.03 Å². The van der Waals surface area contributed by atoms with Gasteiger partial charge in [-0.15, -0.1) is 0 Å². The third kappa shape index (κ3) is 4.67. The van der Waals surface area contributed by atoms with Crippen LogP contribution in [0.4, 0.5) is 4.79 Å². The van der Waals surface area contributed by atoms with Crippen LogP contribution in [-0.2, 0) is 17.8 Å². The zero-order chi connectivity index (χ0) is 22.6. The minimum atomic E-state index is -0.693. The zero-order valence-electron chi connectivity index (χ0n) is 19.1. The van der Waals surface area contributed by atoms with Crippen molar-refractivity contribution in [3.8, 4) is 0 Å². The number of hydrogen-bond donors (Lipinski definition) is 0. The highest BCUT2D eigenvalue weighted by molar-refractivity contribution is 6.07. The van der Waals surface area contributed by atoms with Crippen molar-refractivity contribution in [3.05, 3.63) is 60.2 Å². The number of rotatable bonds is 8. The Morgan fingerprint density at radius 2 is 1.66 bits per heavy atom. The second-order valence-electron chi connectivity index (χ2n) is 9.38. The van der Waals surface area contributed by atoms with Gasteiger partial charge in [0.05, 0.1) is 0 Å². The van der Waals surface area contributed by atoms with E-state index in [2.05, 4.69) is 34.8 Å². The largest absolute Gasteiger partial charge is 0.327 e. The molecule has 7 heteroatoms. The van der Waals surface area contributed by atoms with E-state index in [9.17, 15) is 9.59 Å².